The van der Waals surface area contributed by atoms with Crippen LogP contribution in [0.5, 0.6) is 0 Å². The molecule has 0 aliphatic heterocycles. The van der Waals surface area contributed by atoms with Gasteiger partial charge in [-0.1, -0.05) is 29.8 Å². The summed E-state index contributed by atoms with van der Waals surface area (Å²) >= 11 is 5.85. The van der Waals surface area contributed by atoms with Crippen LogP contribution in [0.1, 0.15) is 16.1 Å². The molecule has 2 N–H and O–H groups in total. The van der Waals surface area contributed by atoms with Crippen LogP contribution in [0, 0.1) is 0 Å². The molecule has 2 heterocycles. The van der Waals surface area contributed by atoms with E-state index < -0.39 is 0 Å². The molecule has 3 aromatic rings. The second-order valence-corrected chi connectivity index (χ2v) is 5.10. The van der Waals surface area contributed by atoms with E-state index in [1.54, 1.807) is 36.7 Å². The molecule has 3 rings (SSSR count). The SMILES string of the molecule is O=C(N/N=C/c1cccnc1)c1cc(-c2ccc(Cl)cc2)n[nH]1. The van der Waals surface area contributed by atoms with Crippen LogP contribution in [-0.2, 0) is 0 Å². The minimum Gasteiger partial charge on any atom is -0.272 e. The maximum atomic E-state index is 12.0. The Kier molecular flexibility index (Phi) is 4.44. The van der Waals surface area contributed by atoms with Gasteiger partial charge in [-0.05, 0) is 24.3 Å². The molecule has 1 amide bonds. The van der Waals surface area contributed by atoms with Crippen LogP contribution in [0.15, 0.2) is 60.0 Å². The van der Waals surface area contributed by atoms with Crippen molar-refractivity contribution in [3.05, 3.63) is 71.1 Å². The van der Waals surface area contributed by atoms with Crippen molar-refractivity contribution < 1.29 is 4.79 Å². The molecule has 0 unspecified atom stereocenters. The van der Waals surface area contributed by atoms with Gasteiger partial charge >= 0.3 is 0 Å². The van der Waals surface area contributed by atoms with E-state index in [0.29, 0.717) is 16.4 Å². The number of halogens is 1. The minimum absolute atomic E-state index is 0.318. The van der Waals surface area contributed by atoms with Gasteiger partial charge in [0.2, 0.25) is 0 Å². The van der Waals surface area contributed by atoms with Crippen molar-refractivity contribution in [2.75, 3.05) is 0 Å². The average Bonchev–Trinajstić information content (AvgIpc) is 3.06. The van der Waals surface area contributed by atoms with Gasteiger partial charge in [0.1, 0.15) is 5.69 Å². The molecular formula is C16H12ClN5O. The second kappa shape index (κ2) is 6.85. The first-order valence-corrected chi connectivity index (χ1v) is 7.15. The van der Waals surface area contributed by atoms with Gasteiger partial charge in [0.05, 0.1) is 11.9 Å². The number of rotatable bonds is 4. The van der Waals surface area contributed by atoms with Crippen LogP contribution in [0.25, 0.3) is 11.3 Å². The maximum Gasteiger partial charge on any atom is 0.289 e. The zero-order valence-electron chi connectivity index (χ0n) is 11.9. The third-order valence-electron chi connectivity index (χ3n) is 3.03. The first kappa shape index (κ1) is 14.9. The van der Waals surface area contributed by atoms with E-state index in [1.165, 1.54) is 6.21 Å². The summed E-state index contributed by atoms with van der Waals surface area (Å²) in [5, 5.41) is 11.3. The molecule has 0 aliphatic rings. The summed E-state index contributed by atoms with van der Waals surface area (Å²) in [6, 6.07) is 12.5. The average molecular weight is 326 g/mol. The molecule has 2 aromatic heterocycles. The molecule has 0 fully saturated rings. The van der Waals surface area contributed by atoms with Crippen molar-refractivity contribution in [3.8, 4) is 11.3 Å². The normalized spacial score (nSPS) is 10.8. The molecule has 23 heavy (non-hydrogen) atoms. The molecular weight excluding hydrogens is 314 g/mol. The molecule has 114 valence electrons. The highest BCUT2D eigenvalue weighted by molar-refractivity contribution is 6.30. The van der Waals surface area contributed by atoms with Crippen LogP contribution >= 0.6 is 11.6 Å². The predicted molar refractivity (Wildman–Crippen MR) is 88.3 cm³/mol. The number of aromatic nitrogens is 3. The zero-order valence-corrected chi connectivity index (χ0v) is 12.7. The lowest BCUT2D eigenvalue weighted by Gasteiger charge is -1.96. The molecule has 0 bridgehead atoms. The summed E-state index contributed by atoms with van der Waals surface area (Å²) in [7, 11) is 0. The first-order valence-electron chi connectivity index (χ1n) is 6.77. The summed E-state index contributed by atoms with van der Waals surface area (Å²) in [5.74, 6) is -0.377. The summed E-state index contributed by atoms with van der Waals surface area (Å²) in [6.07, 6.45) is 4.82. The van der Waals surface area contributed by atoms with Crippen LogP contribution < -0.4 is 5.43 Å². The van der Waals surface area contributed by atoms with Crippen molar-refractivity contribution in [3.63, 3.8) is 0 Å². The Bertz CT molecular complexity index is 827. The summed E-state index contributed by atoms with van der Waals surface area (Å²) in [6.45, 7) is 0. The van der Waals surface area contributed by atoms with Gasteiger partial charge in [0, 0.05) is 28.5 Å². The van der Waals surface area contributed by atoms with Gasteiger partial charge in [-0.15, -0.1) is 0 Å². The number of carbonyl (C=O) groups is 1. The molecule has 0 saturated heterocycles. The fourth-order valence-electron chi connectivity index (χ4n) is 1.88. The van der Waals surface area contributed by atoms with Gasteiger partial charge in [-0.25, -0.2) is 5.43 Å². The predicted octanol–water partition coefficient (Wildman–Crippen LogP) is 2.89. The van der Waals surface area contributed by atoms with Gasteiger partial charge < -0.3 is 0 Å². The Labute approximate surface area is 137 Å². The lowest BCUT2D eigenvalue weighted by atomic mass is 10.1. The van der Waals surface area contributed by atoms with E-state index >= 15 is 0 Å². The topological polar surface area (TPSA) is 83.0 Å². The Balaban J connectivity index is 1.67. The van der Waals surface area contributed by atoms with Crippen LogP contribution in [-0.4, -0.2) is 27.3 Å². The molecule has 1 aromatic carbocycles. The molecule has 0 saturated carbocycles. The molecule has 0 spiro atoms. The molecule has 7 heteroatoms. The number of pyridine rings is 1. The van der Waals surface area contributed by atoms with Crippen LogP contribution in [0.3, 0.4) is 0 Å². The number of carbonyl (C=O) groups excluding carboxylic acids is 1. The lowest BCUT2D eigenvalue weighted by molar-refractivity contribution is 0.0950. The molecule has 0 atom stereocenters. The van der Waals surface area contributed by atoms with E-state index in [2.05, 4.69) is 25.7 Å². The Morgan fingerprint density at radius 3 is 2.83 bits per heavy atom. The Morgan fingerprint density at radius 1 is 1.26 bits per heavy atom. The number of aromatic amines is 1. The number of amides is 1. The fraction of sp³-hybridized carbons (Fsp3) is 0. The van der Waals surface area contributed by atoms with Crippen molar-refractivity contribution in [2.45, 2.75) is 0 Å². The number of H-pyrrole nitrogens is 1. The highest BCUT2D eigenvalue weighted by Gasteiger charge is 2.10. The number of hydrazone groups is 1. The number of hydrogen-bond acceptors (Lipinski definition) is 4. The summed E-state index contributed by atoms with van der Waals surface area (Å²) < 4.78 is 0. The largest absolute Gasteiger partial charge is 0.289 e. The number of hydrogen-bond donors (Lipinski definition) is 2. The smallest absolute Gasteiger partial charge is 0.272 e. The summed E-state index contributed by atoms with van der Waals surface area (Å²) in [4.78, 5) is 16.0. The van der Waals surface area contributed by atoms with Gasteiger partial charge in [0.15, 0.2) is 0 Å². The fourth-order valence-corrected chi connectivity index (χ4v) is 2.01. The number of benzene rings is 1. The highest BCUT2D eigenvalue weighted by Crippen LogP contribution is 2.20. The number of nitrogens with zero attached hydrogens (tertiary/aromatic N) is 3. The zero-order chi connectivity index (χ0) is 16.1. The maximum absolute atomic E-state index is 12.0. The quantitative estimate of drug-likeness (QED) is 0.571. The molecule has 0 radical (unpaired) electrons. The number of nitrogens with one attached hydrogen (secondary N) is 2. The Hall–Kier alpha value is -2.99. The van der Waals surface area contributed by atoms with Crippen LogP contribution in [0.2, 0.25) is 5.02 Å². The molecule has 6 nitrogen and oxygen atoms in total. The van der Waals surface area contributed by atoms with Gasteiger partial charge in [-0.3, -0.25) is 14.9 Å². The van der Waals surface area contributed by atoms with Crippen molar-refractivity contribution in [2.24, 2.45) is 5.10 Å². The van der Waals surface area contributed by atoms with Crippen molar-refractivity contribution in [1.82, 2.24) is 20.6 Å². The Morgan fingerprint density at radius 2 is 2.09 bits per heavy atom. The standard InChI is InChI=1S/C16H12ClN5O/c17-13-5-3-12(4-6-13)14-8-15(21-20-14)16(23)22-19-10-11-2-1-7-18-9-11/h1-10H,(H,20,21)(H,22,23)/b19-10+. The molecule has 0 aliphatic carbocycles. The van der Waals surface area contributed by atoms with Crippen molar-refractivity contribution >= 4 is 23.7 Å². The van der Waals surface area contributed by atoms with E-state index in [-0.39, 0.29) is 5.91 Å². The lowest BCUT2D eigenvalue weighted by Crippen LogP contribution is -2.18. The third kappa shape index (κ3) is 3.81. The van der Waals surface area contributed by atoms with E-state index in [9.17, 15) is 4.79 Å². The highest BCUT2D eigenvalue weighted by atomic mass is 35.5. The second-order valence-electron chi connectivity index (χ2n) is 4.66. The van der Waals surface area contributed by atoms with Gasteiger partial charge in [0.25, 0.3) is 5.91 Å². The minimum atomic E-state index is -0.377. The van der Waals surface area contributed by atoms with E-state index in [0.717, 1.165) is 11.1 Å². The van der Waals surface area contributed by atoms with Crippen LogP contribution in [0.4, 0.5) is 0 Å². The summed E-state index contributed by atoms with van der Waals surface area (Å²) in [5.41, 5.74) is 5.06. The first-order chi connectivity index (χ1) is 11.2. The monoisotopic (exact) mass is 325 g/mol. The third-order valence-corrected chi connectivity index (χ3v) is 3.28. The van der Waals surface area contributed by atoms with E-state index in [4.69, 9.17) is 11.6 Å². The van der Waals surface area contributed by atoms with Gasteiger partial charge in [-0.2, -0.15) is 10.2 Å². The van der Waals surface area contributed by atoms with E-state index in [1.807, 2.05) is 18.2 Å². The van der Waals surface area contributed by atoms with Crippen molar-refractivity contribution in [1.29, 1.82) is 0 Å².